The van der Waals surface area contributed by atoms with Crippen LogP contribution in [-0.2, 0) is 17.1 Å². The molecule has 1 aliphatic rings. The van der Waals surface area contributed by atoms with E-state index in [1.54, 1.807) is 11.6 Å². The molecule has 0 aliphatic carbocycles. The molecule has 1 aliphatic heterocycles. The minimum absolute atomic E-state index is 0.0120. The van der Waals surface area contributed by atoms with Crippen molar-refractivity contribution in [2.45, 2.75) is 17.0 Å². The van der Waals surface area contributed by atoms with E-state index in [9.17, 15) is 12.8 Å². The lowest BCUT2D eigenvalue weighted by Crippen LogP contribution is -2.32. The summed E-state index contributed by atoms with van der Waals surface area (Å²) in [7, 11) is -2.07. The Kier molecular flexibility index (Phi) is 5.28. The lowest BCUT2D eigenvalue weighted by molar-refractivity contribution is 0.468. The second-order valence-electron chi connectivity index (χ2n) is 7.27. The van der Waals surface area contributed by atoms with Crippen LogP contribution in [0.2, 0.25) is 0 Å². The average Bonchev–Trinajstić information content (AvgIpc) is 3.37. The van der Waals surface area contributed by atoms with Crippen LogP contribution in [0.15, 0.2) is 66.1 Å². The maximum atomic E-state index is 14.5. The average molecular weight is 425 g/mol. The van der Waals surface area contributed by atoms with Crippen LogP contribution in [0.4, 0.5) is 10.1 Å². The quantitative estimate of drug-likeness (QED) is 0.679. The fourth-order valence-electron chi connectivity index (χ4n) is 3.70. The molecule has 1 saturated heterocycles. The third-order valence-corrected chi connectivity index (χ3v) is 6.96. The first-order valence-corrected chi connectivity index (χ1v) is 10.8. The molecule has 9 heteroatoms. The van der Waals surface area contributed by atoms with Crippen molar-refractivity contribution in [2.75, 3.05) is 18.4 Å². The smallest absolute Gasteiger partial charge is 0.262 e. The third-order valence-electron chi connectivity index (χ3n) is 5.24. The van der Waals surface area contributed by atoms with Gasteiger partial charge < -0.3 is 9.88 Å². The summed E-state index contributed by atoms with van der Waals surface area (Å²) in [5.74, 6) is -0.730. The van der Waals surface area contributed by atoms with E-state index >= 15 is 0 Å². The standard InChI is InChI=1S/C21H20FN5O2S/c1-26-13-21(24-14-26)30(28,29)27-11-17(16-5-3-2-4-6-16)20(12-27)25-19-8-7-15(10-23)9-18(19)22/h2-9,13-14,17,20,25H,11-12H2,1H3/t17-,20+/m0/s1. The lowest BCUT2D eigenvalue weighted by Gasteiger charge is -2.21. The molecule has 0 radical (unpaired) electrons. The summed E-state index contributed by atoms with van der Waals surface area (Å²) in [6.45, 7) is 0.413. The molecule has 30 heavy (non-hydrogen) atoms. The van der Waals surface area contributed by atoms with E-state index in [1.807, 2.05) is 36.4 Å². The Labute approximate surface area is 174 Å². The van der Waals surface area contributed by atoms with Gasteiger partial charge in [0, 0.05) is 38.3 Å². The molecule has 1 fully saturated rings. The van der Waals surface area contributed by atoms with Crippen LogP contribution in [0, 0.1) is 17.1 Å². The summed E-state index contributed by atoms with van der Waals surface area (Å²) in [5.41, 5.74) is 1.42. The SMILES string of the molecule is Cn1cnc(S(=O)(=O)N2C[C@@H](Nc3ccc(C#N)cc3F)[C@H](c3ccccc3)C2)c1. The van der Waals surface area contributed by atoms with Gasteiger partial charge in [0.15, 0.2) is 5.03 Å². The third kappa shape index (κ3) is 3.79. The molecule has 0 unspecified atom stereocenters. The number of imidazole rings is 1. The van der Waals surface area contributed by atoms with E-state index in [1.165, 1.54) is 29.0 Å². The Morgan fingerprint density at radius 2 is 1.97 bits per heavy atom. The zero-order chi connectivity index (χ0) is 21.3. The number of nitrogens with zero attached hydrogens (tertiary/aromatic N) is 4. The molecule has 4 rings (SSSR count). The van der Waals surface area contributed by atoms with Crippen LogP contribution in [0.3, 0.4) is 0 Å². The van der Waals surface area contributed by atoms with Gasteiger partial charge in [0.25, 0.3) is 10.0 Å². The molecule has 1 N–H and O–H groups in total. The Balaban J connectivity index is 1.66. The molecule has 0 saturated carbocycles. The number of hydrogen-bond donors (Lipinski definition) is 1. The van der Waals surface area contributed by atoms with Crippen LogP contribution >= 0.6 is 0 Å². The number of benzene rings is 2. The number of nitrogens with one attached hydrogen (secondary N) is 1. The number of anilines is 1. The molecule has 7 nitrogen and oxygen atoms in total. The molecule has 154 valence electrons. The van der Waals surface area contributed by atoms with Crippen molar-refractivity contribution in [3.8, 4) is 6.07 Å². The van der Waals surface area contributed by atoms with Gasteiger partial charge in [-0.3, -0.25) is 0 Å². The zero-order valence-electron chi connectivity index (χ0n) is 16.2. The first-order valence-electron chi connectivity index (χ1n) is 9.38. The highest BCUT2D eigenvalue weighted by Gasteiger charge is 2.41. The van der Waals surface area contributed by atoms with Crippen molar-refractivity contribution < 1.29 is 12.8 Å². The number of nitriles is 1. The molecule has 2 aromatic carbocycles. The number of rotatable bonds is 5. The number of aromatic nitrogens is 2. The summed E-state index contributed by atoms with van der Waals surface area (Å²) < 4.78 is 43.6. The molecular formula is C21H20FN5O2S. The van der Waals surface area contributed by atoms with E-state index in [2.05, 4.69) is 10.3 Å². The molecule has 2 atom stereocenters. The van der Waals surface area contributed by atoms with Crippen LogP contribution < -0.4 is 5.32 Å². The Bertz CT molecular complexity index is 1200. The maximum absolute atomic E-state index is 14.5. The molecule has 0 spiro atoms. The molecule has 1 aromatic heterocycles. The highest BCUT2D eigenvalue weighted by atomic mass is 32.2. The van der Waals surface area contributed by atoms with Gasteiger partial charge in [-0.2, -0.15) is 9.57 Å². The van der Waals surface area contributed by atoms with Gasteiger partial charge in [-0.15, -0.1) is 0 Å². The topological polar surface area (TPSA) is 91.0 Å². The second kappa shape index (κ2) is 7.89. The molecular weight excluding hydrogens is 405 g/mol. The van der Waals surface area contributed by atoms with Gasteiger partial charge in [-0.05, 0) is 23.8 Å². The van der Waals surface area contributed by atoms with Crippen molar-refractivity contribution in [2.24, 2.45) is 7.05 Å². The van der Waals surface area contributed by atoms with Crippen LogP contribution in [0.5, 0.6) is 0 Å². The zero-order valence-corrected chi connectivity index (χ0v) is 17.1. The van der Waals surface area contributed by atoms with Crippen LogP contribution in [0.25, 0.3) is 0 Å². The van der Waals surface area contributed by atoms with Gasteiger partial charge >= 0.3 is 0 Å². The van der Waals surface area contributed by atoms with E-state index in [0.29, 0.717) is 0 Å². The van der Waals surface area contributed by atoms with Gasteiger partial charge in [0.1, 0.15) is 5.82 Å². The van der Waals surface area contributed by atoms with Crippen molar-refractivity contribution in [1.29, 1.82) is 5.26 Å². The summed E-state index contributed by atoms with van der Waals surface area (Å²) in [6, 6.07) is 15.3. The number of halogens is 1. The summed E-state index contributed by atoms with van der Waals surface area (Å²) in [4.78, 5) is 3.99. The molecule has 0 amide bonds. The monoisotopic (exact) mass is 425 g/mol. The van der Waals surface area contributed by atoms with Gasteiger partial charge in [0.05, 0.1) is 23.6 Å². The minimum atomic E-state index is -3.78. The van der Waals surface area contributed by atoms with Gasteiger partial charge in [-0.1, -0.05) is 30.3 Å². The fraction of sp³-hybridized carbons (Fsp3) is 0.238. The lowest BCUT2D eigenvalue weighted by atomic mass is 9.94. The summed E-state index contributed by atoms with van der Waals surface area (Å²) in [5, 5.41) is 12.1. The molecule has 2 heterocycles. The van der Waals surface area contributed by atoms with Crippen LogP contribution in [-0.4, -0.2) is 41.4 Å². The second-order valence-corrected chi connectivity index (χ2v) is 9.16. The predicted molar refractivity (Wildman–Crippen MR) is 110 cm³/mol. The van der Waals surface area contributed by atoms with Crippen molar-refractivity contribution in [3.05, 3.63) is 78.0 Å². The van der Waals surface area contributed by atoms with Crippen molar-refractivity contribution in [1.82, 2.24) is 13.9 Å². The van der Waals surface area contributed by atoms with Gasteiger partial charge in [-0.25, -0.2) is 17.8 Å². The van der Waals surface area contributed by atoms with Gasteiger partial charge in [0.2, 0.25) is 0 Å². The Morgan fingerprint density at radius 1 is 1.20 bits per heavy atom. The largest absolute Gasteiger partial charge is 0.378 e. The first kappa shape index (κ1) is 20.1. The predicted octanol–water partition coefficient (Wildman–Crippen LogP) is 2.70. The number of sulfonamides is 1. The maximum Gasteiger partial charge on any atom is 0.262 e. The highest BCUT2D eigenvalue weighted by Crippen LogP contribution is 2.33. The van der Waals surface area contributed by atoms with E-state index in [-0.39, 0.29) is 41.3 Å². The summed E-state index contributed by atoms with van der Waals surface area (Å²) >= 11 is 0. The molecule has 3 aromatic rings. The minimum Gasteiger partial charge on any atom is -0.378 e. The molecule has 0 bridgehead atoms. The Morgan fingerprint density at radius 3 is 2.60 bits per heavy atom. The summed E-state index contributed by atoms with van der Waals surface area (Å²) in [6.07, 6.45) is 2.91. The normalized spacial score (nSPS) is 19.5. The first-order chi connectivity index (χ1) is 14.4. The van der Waals surface area contributed by atoms with E-state index in [4.69, 9.17) is 5.26 Å². The van der Waals surface area contributed by atoms with Crippen LogP contribution in [0.1, 0.15) is 17.0 Å². The number of hydrogen-bond acceptors (Lipinski definition) is 5. The Hall–Kier alpha value is -3.22. The van der Waals surface area contributed by atoms with E-state index in [0.717, 1.165) is 11.6 Å². The van der Waals surface area contributed by atoms with Crippen molar-refractivity contribution in [3.63, 3.8) is 0 Å². The fourth-order valence-corrected chi connectivity index (χ4v) is 5.16. The number of aryl methyl sites for hydroxylation is 1. The highest BCUT2D eigenvalue weighted by molar-refractivity contribution is 7.89. The van der Waals surface area contributed by atoms with E-state index < -0.39 is 15.8 Å². The van der Waals surface area contributed by atoms with Crippen molar-refractivity contribution >= 4 is 15.7 Å².